The van der Waals surface area contributed by atoms with Crippen LogP contribution in [0.5, 0.6) is 0 Å². The highest BCUT2D eigenvalue weighted by atomic mass is 19.1. The van der Waals surface area contributed by atoms with Crippen LogP contribution in [0.2, 0.25) is 0 Å². The zero-order valence-electron chi connectivity index (χ0n) is 7.50. The lowest BCUT2D eigenvalue weighted by Gasteiger charge is -2.21. The third kappa shape index (κ3) is 2.54. The Kier molecular flexibility index (Phi) is 2.65. The fourth-order valence-corrected chi connectivity index (χ4v) is 0.730. The van der Waals surface area contributed by atoms with Crippen LogP contribution in [0, 0.1) is 0 Å². The average molecular weight is 186 g/mol. The number of aromatic nitrogens is 1. The van der Waals surface area contributed by atoms with Gasteiger partial charge in [-0.2, -0.15) is 0 Å². The standard InChI is InChI=1S/C8H11FN2O2/c1-8(2,5-9)11-7(12)6-3-10-13-4-6/h3-4H,5H2,1-2H3,(H,11,12). The van der Waals surface area contributed by atoms with Crippen LogP contribution in [-0.2, 0) is 0 Å². The average Bonchev–Trinajstić information content (AvgIpc) is 2.55. The number of carbonyl (C=O) groups is 1. The van der Waals surface area contributed by atoms with Crippen molar-refractivity contribution in [1.29, 1.82) is 0 Å². The van der Waals surface area contributed by atoms with Gasteiger partial charge in [0, 0.05) is 0 Å². The molecule has 0 spiro atoms. The van der Waals surface area contributed by atoms with Gasteiger partial charge in [0.15, 0.2) is 0 Å². The maximum atomic E-state index is 12.3. The molecule has 0 radical (unpaired) electrons. The molecule has 72 valence electrons. The lowest BCUT2D eigenvalue weighted by molar-refractivity contribution is 0.0899. The molecule has 0 aliphatic rings. The molecule has 0 fully saturated rings. The molecule has 0 aliphatic heterocycles. The first-order valence-electron chi connectivity index (χ1n) is 3.83. The molecule has 1 amide bonds. The molecule has 0 aliphatic carbocycles. The number of rotatable bonds is 3. The van der Waals surface area contributed by atoms with Crippen molar-refractivity contribution >= 4 is 5.91 Å². The number of halogens is 1. The van der Waals surface area contributed by atoms with Crippen molar-refractivity contribution in [3.05, 3.63) is 18.0 Å². The van der Waals surface area contributed by atoms with Crippen LogP contribution in [0.1, 0.15) is 24.2 Å². The summed E-state index contributed by atoms with van der Waals surface area (Å²) in [5.41, 5.74) is -0.560. The van der Waals surface area contributed by atoms with E-state index in [9.17, 15) is 9.18 Å². The quantitative estimate of drug-likeness (QED) is 0.770. The molecule has 0 bridgehead atoms. The van der Waals surface area contributed by atoms with Gasteiger partial charge in [0.25, 0.3) is 5.91 Å². The summed E-state index contributed by atoms with van der Waals surface area (Å²) in [7, 11) is 0. The second-order valence-corrected chi connectivity index (χ2v) is 3.38. The monoisotopic (exact) mass is 186 g/mol. The number of hydrogen-bond acceptors (Lipinski definition) is 3. The third-order valence-corrected chi connectivity index (χ3v) is 1.48. The summed E-state index contributed by atoms with van der Waals surface area (Å²) in [4.78, 5) is 11.3. The Morgan fingerprint density at radius 3 is 2.92 bits per heavy atom. The van der Waals surface area contributed by atoms with E-state index in [-0.39, 0.29) is 5.91 Å². The minimum Gasteiger partial charge on any atom is -0.364 e. The summed E-state index contributed by atoms with van der Waals surface area (Å²) in [5.74, 6) is -0.385. The minimum absolute atomic E-state index is 0.293. The highest BCUT2D eigenvalue weighted by molar-refractivity contribution is 5.93. The van der Waals surface area contributed by atoms with Gasteiger partial charge in [-0.3, -0.25) is 4.79 Å². The third-order valence-electron chi connectivity index (χ3n) is 1.48. The van der Waals surface area contributed by atoms with E-state index in [1.54, 1.807) is 13.8 Å². The number of carbonyl (C=O) groups excluding carboxylic acids is 1. The van der Waals surface area contributed by atoms with Gasteiger partial charge in [-0.25, -0.2) is 4.39 Å². The Morgan fingerprint density at radius 2 is 2.46 bits per heavy atom. The molecule has 1 aromatic rings. The van der Waals surface area contributed by atoms with Crippen molar-refractivity contribution in [3.63, 3.8) is 0 Å². The van der Waals surface area contributed by atoms with E-state index in [0.717, 1.165) is 0 Å². The Bertz CT molecular complexity index is 282. The van der Waals surface area contributed by atoms with Gasteiger partial charge in [-0.05, 0) is 13.8 Å². The van der Waals surface area contributed by atoms with Crippen LogP contribution < -0.4 is 5.32 Å². The smallest absolute Gasteiger partial charge is 0.256 e. The molecule has 13 heavy (non-hydrogen) atoms. The van der Waals surface area contributed by atoms with Crippen molar-refractivity contribution < 1.29 is 13.7 Å². The summed E-state index contributed by atoms with van der Waals surface area (Å²) >= 11 is 0. The molecule has 4 nitrogen and oxygen atoms in total. The van der Waals surface area contributed by atoms with E-state index in [1.165, 1.54) is 12.5 Å². The maximum absolute atomic E-state index is 12.3. The maximum Gasteiger partial charge on any atom is 0.256 e. The Labute approximate surface area is 75.1 Å². The topological polar surface area (TPSA) is 55.1 Å². The van der Waals surface area contributed by atoms with Crippen molar-refractivity contribution in [1.82, 2.24) is 10.5 Å². The van der Waals surface area contributed by atoms with Gasteiger partial charge in [0.1, 0.15) is 12.9 Å². The first-order valence-corrected chi connectivity index (χ1v) is 3.83. The fourth-order valence-electron chi connectivity index (χ4n) is 0.730. The predicted octanol–water partition coefficient (Wildman–Crippen LogP) is 1.15. The summed E-state index contributed by atoms with van der Waals surface area (Å²) < 4.78 is 16.8. The van der Waals surface area contributed by atoms with E-state index in [1.807, 2.05) is 0 Å². The number of hydrogen-bond donors (Lipinski definition) is 1. The minimum atomic E-state index is -0.853. The number of nitrogens with one attached hydrogen (secondary N) is 1. The summed E-state index contributed by atoms with van der Waals surface area (Å²) in [5, 5.41) is 5.86. The summed E-state index contributed by atoms with van der Waals surface area (Å²) in [6.07, 6.45) is 2.49. The predicted molar refractivity (Wildman–Crippen MR) is 44.0 cm³/mol. The van der Waals surface area contributed by atoms with E-state index in [2.05, 4.69) is 15.0 Å². The van der Waals surface area contributed by atoms with Gasteiger partial charge in [-0.15, -0.1) is 0 Å². The van der Waals surface area contributed by atoms with E-state index < -0.39 is 12.2 Å². The Balaban J connectivity index is 2.61. The van der Waals surface area contributed by atoms with E-state index in [4.69, 9.17) is 0 Å². The van der Waals surface area contributed by atoms with Gasteiger partial charge >= 0.3 is 0 Å². The molecular formula is C8H11FN2O2. The van der Waals surface area contributed by atoms with Gasteiger partial charge in [0.2, 0.25) is 0 Å². The van der Waals surface area contributed by atoms with Gasteiger partial charge in [-0.1, -0.05) is 5.16 Å². The van der Waals surface area contributed by atoms with Crippen LogP contribution in [0.4, 0.5) is 4.39 Å². The Hall–Kier alpha value is -1.39. The fraction of sp³-hybridized carbons (Fsp3) is 0.500. The van der Waals surface area contributed by atoms with Crippen LogP contribution in [0.25, 0.3) is 0 Å². The first-order chi connectivity index (χ1) is 6.05. The molecule has 1 aromatic heterocycles. The molecule has 5 heteroatoms. The second-order valence-electron chi connectivity index (χ2n) is 3.38. The molecule has 0 saturated heterocycles. The van der Waals surface area contributed by atoms with E-state index >= 15 is 0 Å². The molecule has 1 heterocycles. The van der Waals surface area contributed by atoms with Crippen molar-refractivity contribution in [2.24, 2.45) is 0 Å². The normalized spacial score (nSPS) is 11.3. The van der Waals surface area contributed by atoms with Crippen LogP contribution in [-0.4, -0.2) is 23.3 Å². The SMILES string of the molecule is CC(C)(CF)NC(=O)c1cnoc1. The van der Waals surface area contributed by atoms with Crippen molar-refractivity contribution in [3.8, 4) is 0 Å². The molecular weight excluding hydrogens is 175 g/mol. The van der Waals surface area contributed by atoms with Crippen LogP contribution >= 0.6 is 0 Å². The Morgan fingerprint density at radius 1 is 1.77 bits per heavy atom. The van der Waals surface area contributed by atoms with Gasteiger partial charge < -0.3 is 9.84 Å². The summed E-state index contributed by atoms with van der Waals surface area (Å²) in [6.45, 7) is 2.57. The van der Waals surface area contributed by atoms with Crippen molar-refractivity contribution in [2.75, 3.05) is 6.67 Å². The van der Waals surface area contributed by atoms with E-state index in [0.29, 0.717) is 5.56 Å². The zero-order valence-corrected chi connectivity index (χ0v) is 7.50. The van der Waals surface area contributed by atoms with Gasteiger partial charge in [0.05, 0.1) is 17.3 Å². The van der Waals surface area contributed by atoms with Crippen LogP contribution in [0.15, 0.2) is 17.0 Å². The number of amides is 1. The van der Waals surface area contributed by atoms with Crippen LogP contribution in [0.3, 0.4) is 0 Å². The molecule has 0 saturated carbocycles. The van der Waals surface area contributed by atoms with Crippen molar-refractivity contribution in [2.45, 2.75) is 19.4 Å². The number of nitrogens with zero attached hydrogens (tertiary/aromatic N) is 1. The molecule has 1 rings (SSSR count). The molecule has 1 N–H and O–H groups in total. The first kappa shape index (κ1) is 9.70. The highest BCUT2D eigenvalue weighted by Gasteiger charge is 2.21. The second kappa shape index (κ2) is 3.55. The lowest BCUT2D eigenvalue weighted by Crippen LogP contribution is -2.45. The largest absolute Gasteiger partial charge is 0.364 e. The lowest BCUT2D eigenvalue weighted by atomic mass is 10.1. The molecule has 0 atom stereocenters. The highest BCUT2D eigenvalue weighted by Crippen LogP contribution is 2.05. The summed E-state index contributed by atoms with van der Waals surface area (Å²) in [6, 6.07) is 0. The molecule has 0 aromatic carbocycles. The number of alkyl halides is 1. The zero-order chi connectivity index (χ0) is 9.90. The molecule has 0 unspecified atom stereocenters.